The van der Waals surface area contributed by atoms with Gasteiger partial charge in [-0.15, -0.1) is 11.3 Å². The Morgan fingerprint density at radius 2 is 2.31 bits per heavy atom. The lowest BCUT2D eigenvalue weighted by atomic mass is 9.99. The Bertz CT molecular complexity index is 953. The maximum absolute atomic E-state index is 11.7. The smallest absolute Gasteiger partial charge is 0.260 e. The Hall–Kier alpha value is -2.65. The van der Waals surface area contributed by atoms with E-state index in [4.69, 9.17) is 20.9 Å². The number of carbonyl (C=O) groups excluding carboxylic acids is 1. The Labute approximate surface area is 153 Å². The molecule has 1 aliphatic heterocycles. The van der Waals surface area contributed by atoms with Crippen molar-refractivity contribution in [1.29, 1.82) is 0 Å². The molecule has 5 N–H and O–H groups in total. The van der Waals surface area contributed by atoms with Gasteiger partial charge in [0.25, 0.3) is 5.91 Å². The highest BCUT2D eigenvalue weighted by Crippen LogP contribution is 2.39. The summed E-state index contributed by atoms with van der Waals surface area (Å²) in [6, 6.07) is 1.79. The number of aromatic nitrogens is 2. The zero-order chi connectivity index (χ0) is 18.3. The van der Waals surface area contributed by atoms with Gasteiger partial charge in [0.05, 0.1) is 29.3 Å². The lowest BCUT2D eigenvalue weighted by Gasteiger charge is -2.32. The maximum Gasteiger partial charge on any atom is 0.260 e. The molecule has 8 nitrogen and oxygen atoms in total. The van der Waals surface area contributed by atoms with Gasteiger partial charge in [-0.2, -0.15) is 0 Å². The molecule has 1 fully saturated rings. The molecule has 0 saturated carbocycles. The van der Waals surface area contributed by atoms with Gasteiger partial charge in [0, 0.05) is 25.3 Å². The molecule has 1 unspecified atom stereocenters. The molecule has 4 heterocycles. The van der Waals surface area contributed by atoms with E-state index in [2.05, 4.69) is 9.88 Å². The highest BCUT2D eigenvalue weighted by Gasteiger charge is 2.25. The first-order valence-corrected chi connectivity index (χ1v) is 9.18. The number of aliphatic hydroxyl groups excluding tert-OH is 1. The van der Waals surface area contributed by atoms with Gasteiger partial charge in [0.1, 0.15) is 9.71 Å². The number of aliphatic hydroxyl groups is 1. The van der Waals surface area contributed by atoms with Crippen LogP contribution in [0.15, 0.2) is 23.0 Å². The van der Waals surface area contributed by atoms with Crippen molar-refractivity contribution < 1.29 is 14.3 Å². The molecule has 0 spiro atoms. The first-order chi connectivity index (χ1) is 12.6. The van der Waals surface area contributed by atoms with E-state index in [0.29, 0.717) is 34.1 Å². The van der Waals surface area contributed by atoms with Gasteiger partial charge in [-0.05, 0) is 24.8 Å². The summed E-state index contributed by atoms with van der Waals surface area (Å²) >= 11 is 1.17. The Morgan fingerprint density at radius 3 is 3.00 bits per heavy atom. The molecule has 136 valence electrons. The van der Waals surface area contributed by atoms with Gasteiger partial charge in [-0.1, -0.05) is 0 Å². The van der Waals surface area contributed by atoms with E-state index in [1.807, 2.05) is 0 Å². The summed E-state index contributed by atoms with van der Waals surface area (Å²) in [5.41, 5.74) is 13.3. The van der Waals surface area contributed by atoms with Crippen LogP contribution in [0.25, 0.3) is 21.5 Å². The first kappa shape index (κ1) is 16.8. The fraction of sp³-hybridized carbons (Fsp3) is 0.353. The maximum atomic E-state index is 11.7. The van der Waals surface area contributed by atoms with Crippen LogP contribution in [0.1, 0.15) is 22.5 Å². The number of primary amides is 1. The van der Waals surface area contributed by atoms with E-state index in [1.165, 1.54) is 11.3 Å². The van der Waals surface area contributed by atoms with E-state index in [0.717, 1.165) is 24.9 Å². The van der Waals surface area contributed by atoms with Crippen molar-refractivity contribution in [2.75, 3.05) is 30.3 Å². The van der Waals surface area contributed by atoms with E-state index < -0.39 is 5.91 Å². The molecule has 3 aromatic rings. The largest absolute Gasteiger partial charge is 0.472 e. The molecule has 1 amide bonds. The number of nitrogens with zero attached hydrogens (tertiary/aromatic N) is 3. The highest BCUT2D eigenvalue weighted by atomic mass is 32.1. The summed E-state index contributed by atoms with van der Waals surface area (Å²) in [6.07, 6.45) is 5.09. The second-order valence-corrected chi connectivity index (χ2v) is 7.41. The standard InChI is InChI=1S/C17H19N5O3S/c18-12-11-13(10-3-5-25-8-10)20-17(21-16(11)26-14(12)15(19)24)22-4-1-2-9(6-22)7-23/h3,5,8-9,23H,1-2,4,6-7,18H2,(H2,19,24). The summed E-state index contributed by atoms with van der Waals surface area (Å²) in [4.78, 5) is 24.0. The first-order valence-electron chi connectivity index (χ1n) is 8.36. The molecule has 4 rings (SSSR count). The van der Waals surface area contributed by atoms with E-state index in [-0.39, 0.29) is 17.4 Å². The number of furan rings is 1. The summed E-state index contributed by atoms with van der Waals surface area (Å²) in [6.45, 7) is 1.65. The summed E-state index contributed by atoms with van der Waals surface area (Å²) in [5, 5.41) is 10.1. The molecule has 0 aromatic carbocycles. The number of amides is 1. The third-order valence-electron chi connectivity index (χ3n) is 4.66. The number of hydrogen-bond acceptors (Lipinski definition) is 8. The van der Waals surface area contributed by atoms with Crippen LogP contribution in [0.3, 0.4) is 0 Å². The number of rotatable bonds is 4. The van der Waals surface area contributed by atoms with Crippen LogP contribution >= 0.6 is 11.3 Å². The topological polar surface area (TPSA) is 132 Å². The van der Waals surface area contributed by atoms with Crippen LogP contribution < -0.4 is 16.4 Å². The van der Waals surface area contributed by atoms with Gasteiger partial charge in [0.2, 0.25) is 5.95 Å². The van der Waals surface area contributed by atoms with E-state index in [1.54, 1.807) is 18.6 Å². The number of nitrogen functional groups attached to an aromatic ring is 1. The lowest BCUT2D eigenvalue weighted by molar-refractivity contribution is 0.100. The van der Waals surface area contributed by atoms with Crippen molar-refractivity contribution in [2.24, 2.45) is 11.7 Å². The van der Waals surface area contributed by atoms with Gasteiger partial charge in [-0.3, -0.25) is 4.79 Å². The van der Waals surface area contributed by atoms with Crippen LogP contribution in [-0.4, -0.2) is 40.7 Å². The Kier molecular flexibility index (Phi) is 4.25. The van der Waals surface area contributed by atoms with Crippen LogP contribution in [-0.2, 0) is 0 Å². The minimum atomic E-state index is -0.580. The summed E-state index contributed by atoms with van der Waals surface area (Å²) in [7, 11) is 0. The number of hydrogen-bond donors (Lipinski definition) is 3. The number of thiophene rings is 1. The number of fused-ring (bicyclic) bond motifs is 1. The van der Waals surface area contributed by atoms with E-state index >= 15 is 0 Å². The molecule has 0 radical (unpaired) electrons. The van der Waals surface area contributed by atoms with Crippen LogP contribution in [0.4, 0.5) is 11.6 Å². The monoisotopic (exact) mass is 373 g/mol. The number of anilines is 2. The van der Waals surface area contributed by atoms with Gasteiger partial charge in [0.15, 0.2) is 0 Å². The second-order valence-electron chi connectivity index (χ2n) is 6.41. The minimum absolute atomic E-state index is 0.144. The molecule has 3 aromatic heterocycles. The van der Waals surface area contributed by atoms with Crippen LogP contribution in [0.5, 0.6) is 0 Å². The molecule has 1 atom stereocenters. The predicted molar refractivity (Wildman–Crippen MR) is 100 cm³/mol. The van der Waals surface area contributed by atoms with Crippen molar-refractivity contribution in [2.45, 2.75) is 12.8 Å². The summed E-state index contributed by atoms with van der Waals surface area (Å²) < 4.78 is 5.20. The SMILES string of the molecule is NC(=O)c1sc2nc(N3CCCC(CO)C3)nc(-c3ccoc3)c2c1N. The molecule has 1 saturated heterocycles. The molecule has 0 bridgehead atoms. The van der Waals surface area contributed by atoms with Gasteiger partial charge in [-0.25, -0.2) is 9.97 Å². The molecular weight excluding hydrogens is 354 g/mol. The fourth-order valence-electron chi connectivity index (χ4n) is 3.34. The molecular formula is C17H19N5O3S. The second kappa shape index (κ2) is 6.58. The van der Waals surface area contributed by atoms with Crippen molar-refractivity contribution in [3.8, 4) is 11.3 Å². The van der Waals surface area contributed by atoms with Gasteiger partial charge < -0.3 is 25.9 Å². The van der Waals surface area contributed by atoms with Crippen molar-refractivity contribution in [3.63, 3.8) is 0 Å². The highest BCUT2D eigenvalue weighted by molar-refractivity contribution is 7.21. The van der Waals surface area contributed by atoms with Crippen molar-refractivity contribution in [1.82, 2.24) is 9.97 Å². The third kappa shape index (κ3) is 2.78. The van der Waals surface area contributed by atoms with Crippen LogP contribution in [0.2, 0.25) is 0 Å². The number of carbonyl (C=O) groups is 1. The zero-order valence-corrected chi connectivity index (χ0v) is 14.8. The predicted octanol–water partition coefficient (Wildman–Crippen LogP) is 1.84. The molecule has 9 heteroatoms. The Morgan fingerprint density at radius 1 is 1.46 bits per heavy atom. The van der Waals surface area contributed by atoms with E-state index in [9.17, 15) is 9.90 Å². The van der Waals surface area contributed by atoms with Crippen molar-refractivity contribution in [3.05, 3.63) is 23.5 Å². The third-order valence-corrected chi connectivity index (χ3v) is 5.77. The fourth-order valence-corrected chi connectivity index (χ4v) is 4.28. The minimum Gasteiger partial charge on any atom is -0.472 e. The quantitative estimate of drug-likeness (QED) is 0.636. The molecule has 26 heavy (non-hydrogen) atoms. The molecule has 1 aliphatic rings. The lowest BCUT2D eigenvalue weighted by Crippen LogP contribution is -2.37. The average Bonchev–Trinajstić information content (AvgIpc) is 3.29. The Balaban J connectivity index is 1.89. The zero-order valence-electron chi connectivity index (χ0n) is 14.0. The summed E-state index contributed by atoms with van der Waals surface area (Å²) in [5.74, 6) is 0.183. The normalized spacial score (nSPS) is 17.7. The van der Waals surface area contributed by atoms with Gasteiger partial charge >= 0.3 is 0 Å². The average molecular weight is 373 g/mol. The van der Waals surface area contributed by atoms with Crippen molar-refractivity contribution >= 4 is 39.1 Å². The number of piperidine rings is 1. The number of nitrogens with two attached hydrogens (primary N) is 2. The van der Waals surface area contributed by atoms with Crippen LogP contribution in [0, 0.1) is 5.92 Å². The molecule has 0 aliphatic carbocycles.